The molecule has 0 unspecified atom stereocenters. The molecule has 0 bridgehead atoms. The van der Waals surface area contributed by atoms with Gasteiger partial charge in [0.1, 0.15) is 5.00 Å². The van der Waals surface area contributed by atoms with E-state index in [4.69, 9.17) is 5.11 Å². The number of amides is 1. The minimum atomic E-state index is -4.86. The summed E-state index contributed by atoms with van der Waals surface area (Å²) in [6.45, 7) is 0. The molecule has 0 saturated carbocycles. The van der Waals surface area contributed by atoms with Crippen molar-refractivity contribution in [3.63, 3.8) is 0 Å². The molecule has 1 amide bonds. The molecule has 1 aromatic heterocycles. The van der Waals surface area contributed by atoms with Gasteiger partial charge in [0, 0.05) is 4.88 Å². The second-order valence-electron chi connectivity index (χ2n) is 4.24. The second kappa shape index (κ2) is 5.04. The Labute approximate surface area is 114 Å². The molecule has 20 heavy (non-hydrogen) atoms. The van der Waals surface area contributed by atoms with Gasteiger partial charge < -0.3 is 10.4 Å². The SMILES string of the molecule is O=C(O)c1c(NC(=O)C(F)(F)C(F)F)sc2c1CCC2. The fourth-order valence-corrected chi connectivity index (χ4v) is 3.28. The number of nitrogens with one attached hydrogen (secondary N) is 1. The van der Waals surface area contributed by atoms with Gasteiger partial charge in [0.2, 0.25) is 0 Å². The van der Waals surface area contributed by atoms with E-state index in [1.165, 1.54) is 0 Å². The Morgan fingerprint density at radius 3 is 2.50 bits per heavy atom. The molecular weight excluding hydrogens is 302 g/mol. The summed E-state index contributed by atoms with van der Waals surface area (Å²) in [5.74, 6) is -8.43. The number of aromatic carboxylic acids is 1. The number of hydrogen-bond donors (Lipinski definition) is 2. The van der Waals surface area contributed by atoms with Crippen LogP contribution in [0.25, 0.3) is 0 Å². The Bertz CT molecular complexity index is 570. The number of rotatable bonds is 4. The van der Waals surface area contributed by atoms with Crippen LogP contribution in [0.3, 0.4) is 0 Å². The predicted molar refractivity (Wildman–Crippen MR) is 62.9 cm³/mol. The van der Waals surface area contributed by atoms with E-state index in [2.05, 4.69) is 0 Å². The van der Waals surface area contributed by atoms with Gasteiger partial charge in [-0.05, 0) is 24.8 Å². The molecule has 2 N–H and O–H groups in total. The van der Waals surface area contributed by atoms with Gasteiger partial charge in [-0.3, -0.25) is 4.79 Å². The normalized spacial score (nSPS) is 14.4. The smallest absolute Gasteiger partial charge is 0.383 e. The van der Waals surface area contributed by atoms with E-state index in [-0.39, 0.29) is 10.6 Å². The monoisotopic (exact) mass is 311 g/mol. The van der Waals surface area contributed by atoms with Crippen molar-refractivity contribution in [2.24, 2.45) is 0 Å². The zero-order valence-electron chi connectivity index (χ0n) is 9.88. The van der Waals surface area contributed by atoms with Crippen molar-refractivity contribution in [2.45, 2.75) is 31.6 Å². The van der Waals surface area contributed by atoms with E-state index < -0.39 is 24.2 Å². The predicted octanol–water partition coefficient (Wildman–Crippen LogP) is 2.77. The van der Waals surface area contributed by atoms with E-state index >= 15 is 0 Å². The van der Waals surface area contributed by atoms with Crippen molar-refractivity contribution >= 4 is 28.2 Å². The second-order valence-corrected chi connectivity index (χ2v) is 5.35. The van der Waals surface area contributed by atoms with Crippen molar-refractivity contribution in [1.29, 1.82) is 0 Å². The first-order valence-electron chi connectivity index (χ1n) is 5.60. The molecule has 110 valence electrons. The minimum absolute atomic E-state index is 0.277. The first-order chi connectivity index (χ1) is 9.25. The first-order valence-corrected chi connectivity index (χ1v) is 6.42. The van der Waals surface area contributed by atoms with E-state index in [0.717, 1.165) is 17.8 Å². The summed E-state index contributed by atoms with van der Waals surface area (Å²) < 4.78 is 49.8. The van der Waals surface area contributed by atoms with Crippen LogP contribution < -0.4 is 5.32 Å². The van der Waals surface area contributed by atoms with Crippen LogP contribution in [0.2, 0.25) is 0 Å². The van der Waals surface area contributed by atoms with Crippen LogP contribution in [0.15, 0.2) is 0 Å². The third-order valence-corrected chi connectivity index (χ3v) is 4.15. The van der Waals surface area contributed by atoms with Crippen molar-refractivity contribution in [3.8, 4) is 0 Å². The lowest BCUT2D eigenvalue weighted by atomic mass is 10.1. The van der Waals surface area contributed by atoms with Crippen LogP contribution in [0.5, 0.6) is 0 Å². The Kier molecular flexibility index (Phi) is 3.72. The zero-order valence-corrected chi connectivity index (χ0v) is 10.7. The number of carboxylic acid groups (broad SMARTS) is 1. The maximum absolute atomic E-state index is 12.9. The number of fused-ring (bicyclic) bond motifs is 1. The number of carbonyl (C=O) groups is 2. The van der Waals surface area contributed by atoms with Gasteiger partial charge in [0.05, 0.1) is 5.56 Å². The quantitative estimate of drug-likeness (QED) is 0.840. The molecular formula is C11H9F4NO3S. The van der Waals surface area contributed by atoms with E-state index in [1.54, 1.807) is 5.32 Å². The standard InChI is InChI=1S/C11H9F4NO3S/c12-9(13)11(14,15)10(19)16-7-6(8(17)18)4-2-1-3-5(4)20-7/h9H,1-3H2,(H,16,19)(H,17,18). The van der Waals surface area contributed by atoms with Crippen molar-refractivity contribution < 1.29 is 32.3 Å². The number of thiophene rings is 1. The lowest BCUT2D eigenvalue weighted by molar-refractivity contribution is -0.163. The van der Waals surface area contributed by atoms with Crippen LogP contribution in [0.1, 0.15) is 27.2 Å². The minimum Gasteiger partial charge on any atom is -0.478 e. The topological polar surface area (TPSA) is 66.4 Å². The number of alkyl halides is 4. The molecule has 9 heteroatoms. The molecule has 0 spiro atoms. The highest BCUT2D eigenvalue weighted by Crippen LogP contribution is 2.39. The van der Waals surface area contributed by atoms with Gasteiger partial charge in [0.15, 0.2) is 0 Å². The lowest BCUT2D eigenvalue weighted by Crippen LogP contribution is -2.41. The number of carbonyl (C=O) groups excluding carboxylic acids is 1. The van der Waals surface area contributed by atoms with E-state index in [1.807, 2.05) is 0 Å². The van der Waals surface area contributed by atoms with Crippen molar-refractivity contribution in [1.82, 2.24) is 0 Å². The van der Waals surface area contributed by atoms with Gasteiger partial charge in [-0.2, -0.15) is 8.78 Å². The van der Waals surface area contributed by atoms with Crippen LogP contribution in [0, 0.1) is 0 Å². The highest BCUT2D eigenvalue weighted by atomic mass is 32.1. The van der Waals surface area contributed by atoms with Gasteiger partial charge in [-0.15, -0.1) is 11.3 Å². The van der Waals surface area contributed by atoms with E-state index in [9.17, 15) is 27.2 Å². The molecule has 0 fully saturated rings. The molecule has 1 aliphatic rings. The number of hydrogen-bond acceptors (Lipinski definition) is 3. The average Bonchev–Trinajstić information content (AvgIpc) is 2.87. The molecule has 0 aliphatic heterocycles. The Morgan fingerprint density at radius 2 is 1.95 bits per heavy atom. The summed E-state index contributed by atoms with van der Waals surface area (Å²) in [4.78, 5) is 23.0. The molecule has 0 saturated heterocycles. The summed E-state index contributed by atoms with van der Waals surface area (Å²) in [6, 6.07) is 0. The van der Waals surface area contributed by atoms with Crippen molar-refractivity contribution in [3.05, 3.63) is 16.0 Å². The van der Waals surface area contributed by atoms with Gasteiger partial charge in [-0.1, -0.05) is 0 Å². The van der Waals surface area contributed by atoms with Gasteiger partial charge in [-0.25, -0.2) is 13.6 Å². The van der Waals surface area contributed by atoms with Gasteiger partial charge >= 0.3 is 24.2 Å². The largest absolute Gasteiger partial charge is 0.478 e. The third-order valence-electron chi connectivity index (χ3n) is 2.94. The average molecular weight is 311 g/mol. The zero-order chi connectivity index (χ0) is 15.1. The highest BCUT2D eigenvalue weighted by Gasteiger charge is 2.49. The highest BCUT2D eigenvalue weighted by molar-refractivity contribution is 7.17. The number of halogens is 4. The number of carboxylic acids is 1. The molecule has 0 aromatic carbocycles. The van der Waals surface area contributed by atoms with E-state index in [0.29, 0.717) is 23.3 Å². The lowest BCUT2D eigenvalue weighted by Gasteiger charge is -2.14. The summed E-state index contributed by atoms with van der Waals surface area (Å²) in [5.41, 5.74) is 0.207. The number of aryl methyl sites for hydroxylation is 1. The Hall–Kier alpha value is -1.64. The maximum Gasteiger partial charge on any atom is 0.383 e. The van der Waals surface area contributed by atoms with Gasteiger partial charge in [0.25, 0.3) is 0 Å². The fourth-order valence-electron chi connectivity index (χ4n) is 2.00. The van der Waals surface area contributed by atoms with Crippen LogP contribution in [0.4, 0.5) is 22.6 Å². The van der Waals surface area contributed by atoms with Crippen LogP contribution in [-0.2, 0) is 17.6 Å². The summed E-state index contributed by atoms with van der Waals surface area (Å²) >= 11 is 0.842. The van der Waals surface area contributed by atoms with Crippen LogP contribution in [-0.4, -0.2) is 29.3 Å². The Balaban J connectivity index is 2.31. The summed E-state index contributed by atoms with van der Waals surface area (Å²) in [6.07, 6.45) is -2.36. The summed E-state index contributed by atoms with van der Waals surface area (Å²) in [5, 5.41) is 10.4. The third kappa shape index (κ3) is 2.37. The molecule has 2 rings (SSSR count). The molecule has 4 nitrogen and oxygen atoms in total. The molecule has 0 radical (unpaired) electrons. The molecule has 1 aromatic rings. The molecule has 0 atom stereocenters. The molecule has 1 heterocycles. The molecule has 1 aliphatic carbocycles. The van der Waals surface area contributed by atoms with Crippen LogP contribution >= 0.6 is 11.3 Å². The van der Waals surface area contributed by atoms with Crippen molar-refractivity contribution in [2.75, 3.05) is 5.32 Å². The fraction of sp³-hybridized carbons (Fsp3) is 0.455. The maximum atomic E-state index is 12.9. The number of anilines is 1. The summed E-state index contributed by atoms with van der Waals surface area (Å²) in [7, 11) is 0. The first kappa shape index (κ1) is 14.8. The Morgan fingerprint density at radius 1 is 1.30 bits per heavy atom.